The SMILES string of the molecule is COc1cc(C=NNC(=O)CCC(=O)Nc2ccccc2F)cc(Br)c1OCc1ccccc1. The van der Waals surface area contributed by atoms with Crippen LogP contribution in [0.4, 0.5) is 10.1 Å². The second-order valence-electron chi connectivity index (χ2n) is 7.13. The minimum Gasteiger partial charge on any atom is -0.493 e. The summed E-state index contributed by atoms with van der Waals surface area (Å²) in [6.45, 7) is 0.379. The van der Waals surface area contributed by atoms with Gasteiger partial charge in [0.05, 0.1) is 23.5 Å². The number of rotatable bonds is 10. The van der Waals surface area contributed by atoms with Gasteiger partial charge in [-0.15, -0.1) is 0 Å². The zero-order valence-electron chi connectivity index (χ0n) is 18.4. The fourth-order valence-electron chi connectivity index (χ4n) is 2.92. The van der Waals surface area contributed by atoms with Crippen molar-refractivity contribution in [2.75, 3.05) is 12.4 Å². The molecule has 0 aromatic heterocycles. The first-order chi connectivity index (χ1) is 16.5. The molecule has 9 heteroatoms. The highest BCUT2D eigenvalue weighted by Gasteiger charge is 2.12. The molecule has 0 fully saturated rings. The number of hydrogen-bond acceptors (Lipinski definition) is 5. The van der Waals surface area contributed by atoms with E-state index in [1.54, 1.807) is 18.2 Å². The van der Waals surface area contributed by atoms with Crippen molar-refractivity contribution in [2.24, 2.45) is 5.10 Å². The standard InChI is InChI=1S/C25H23BrFN3O4/c1-33-22-14-18(13-19(26)25(22)34-16-17-7-3-2-4-8-17)15-28-30-24(32)12-11-23(31)29-21-10-6-5-9-20(21)27/h2-10,13-15H,11-12,16H2,1H3,(H,29,31)(H,30,32). The van der Waals surface area contributed by atoms with Gasteiger partial charge in [-0.25, -0.2) is 9.82 Å². The topological polar surface area (TPSA) is 89.0 Å². The van der Waals surface area contributed by atoms with Gasteiger partial charge in [0.15, 0.2) is 11.5 Å². The van der Waals surface area contributed by atoms with Crippen LogP contribution in [-0.2, 0) is 16.2 Å². The van der Waals surface area contributed by atoms with Crippen molar-refractivity contribution >= 4 is 39.6 Å². The Morgan fingerprint density at radius 1 is 1.03 bits per heavy atom. The third kappa shape index (κ3) is 7.41. The average Bonchev–Trinajstić information content (AvgIpc) is 2.84. The Morgan fingerprint density at radius 2 is 1.74 bits per heavy atom. The molecule has 2 amide bonds. The number of anilines is 1. The average molecular weight is 528 g/mol. The minimum atomic E-state index is -0.539. The Morgan fingerprint density at radius 3 is 2.47 bits per heavy atom. The fraction of sp³-hybridized carbons (Fsp3) is 0.160. The van der Waals surface area contributed by atoms with Crippen LogP contribution in [0.1, 0.15) is 24.0 Å². The summed E-state index contributed by atoms with van der Waals surface area (Å²) in [5, 5.41) is 6.35. The molecule has 176 valence electrons. The molecule has 0 spiro atoms. The van der Waals surface area contributed by atoms with Crippen molar-refractivity contribution in [3.8, 4) is 11.5 Å². The molecule has 0 saturated carbocycles. The lowest BCUT2D eigenvalue weighted by atomic mass is 10.2. The van der Waals surface area contributed by atoms with Gasteiger partial charge in [-0.1, -0.05) is 42.5 Å². The Labute approximate surface area is 205 Å². The van der Waals surface area contributed by atoms with Crippen LogP contribution in [0.15, 0.2) is 76.3 Å². The van der Waals surface area contributed by atoms with E-state index in [0.29, 0.717) is 28.1 Å². The van der Waals surface area contributed by atoms with Crippen LogP contribution in [0.5, 0.6) is 11.5 Å². The van der Waals surface area contributed by atoms with Crippen LogP contribution >= 0.6 is 15.9 Å². The van der Waals surface area contributed by atoms with Gasteiger partial charge in [-0.2, -0.15) is 5.10 Å². The minimum absolute atomic E-state index is 0.0710. The molecule has 0 bridgehead atoms. The Hall–Kier alpha value is -3.72. The van der Waals surface area contributed by atoms with Crippen LogP contribution in [0.25, 0.3) is 0 Å². The lowest BCUT2D eigenvalue weighted by molar-refractivity contribution is -0.124. The van der Waals surface area contributed by atoms with Crippen molar-refractivity contribution in [1.82, 2.24) is 5.43 Å². The van der Waals surface area contributed by atoms with E-state index in [1.807, 2.05) is 30.3 Å². The number of halogens is 2. The van der Waals surface area contributed by atoms with Crippen LogP contribution in [0, 0.1) is 5.82 Å². The van der Waals surface area contributed by atoms with E-state index >= 15 is 0 Å². The smallest absolute Gasteiger partial charge is 0.240 e. The molecule has 2 N–H and O–H groups in total. The summed E-state index contributed by atoms with van der Waals surface area (Å²) in [6.07, 6.45) is 1.24. The molecule has 0 atom stereocenters. The van der Waals surface area contributed by atoms with E-state index in [1.165, 1.54) is 31.5 Å². The van der Waals surface area contributed by atoms with Gasteiger partial charge in [0, 0.05) is 12.8 Å². The third-order valence-electron chi connectivity index (χ3n) is 4.61. The molecule has 3 aromatic rings. The second kappa shape index (κ2) is 12.5. The maximum Gasteiger partial charge on any atom is 0.240 e. The zero-order chi connectivity index (χ0) is 24.3. The van der Waals surface area contributed by atoms with E-state index in [2.05, 4.69) is 31.8 Å². The first-order valence-electron chi connectivity index (χ1n) is 10.4. The molecule has 0 radical (unpaired) electrons. The Bertz CT molecular complexity index is 1170. The molecule has 3 aromatic carbocycles. The van der Waals surface area contributed by atoms with Crippen LogP contribution in [-0.4, -0.2) is 25.1 Å². The summed E-state index contributed by atoms with van der Waals surface area (Å²) in [4.78, 5) is 23.9. The Kier molecular flexibility index (Phi) is 9.16. The normalized spacial score (nSPS) is 10.7. The van der Waals surface area contributed by atoms with Gasteiger partial charge in [-0.3, -0.25) is 9.59 Å². The molecular formula is C25H23BrFN3O4. The molecule has 34 heavy (non-hydrogen) atoms. The summed E-state index contributed by atoms with van der Waals surface area (Å²) in [6, 6.07) is 19.1. The van der Waals surface area contributed by atoms with E-state index in [-0.39, 0.29) is 18.5 Å². The maximum atomic E-state index is 13.6. The number of hydrazone groups is 1. The Balaban J connectivity index is 1.51. The molecule has 0 unspecified atom stereocenters. The highest BCUT2D eigenvalue weighted by Crippen LogP contribution is 2.36. The highest BCUT2D eigenvalue weighted by molar-refractivity contribution is 9.10. The predicted octanol–water partition coefficient (Wildman–Crippen LogP) is 5.04. The monoisotopic (exact) mass is 527 g/mol. The number of amides is 2. The number of methoxy groups -OCH3 is 1. The quantitative estimate of drug-likeness (QED) is 0.285. The van der Waals surface area contributed by atoms with E-state index in [0.717, 1.165) is 5.56 Å². The molecule has 0 heterocycles. The van der Waals surface area contributed by atoms with Crippen molar-refractivity contribution < 1.29 is 23.5 Å². The van der Waals surface area contributed by atoms with Crippen LogP contribution in [0.2, 0.25) is 0 Å². The van der Waals surface area contributed by atoms with Crippen molar-refractivity contribution in [3.05, 3.63) is 88.1 Å². The number of ether oxygens (including phenoxy) is 2. The summed E-state index contributed by atoms with van der Waals surface area (Å²) in [5.41, 5.74) is 4.12. The van der Waals surface area contributed by atoms with Crippen LogP contribution < -0.4 is 20.2 Å². The van der Waals surface area contributed by atoms with Gasteiger partial charge in [0.1, 0.15) is 12.4 Å². The van der Waals surface area contributed by atoms with Crippen molar-refractivity contribution in [1.29, 1.82) is 0 Å². The molecule has 7 nitrogen and oxygen atoms in total. The lowest BCUT2D eigenvalue weighted by Gasteiger charge is -2.13. The number of carbonyl (C=O) groups is 2. The van der Waals surface area contributed by atoms with Gasteiger partial charge in [0.25, 0.3) is 0 Å². The van der Waals surface area contributed by atoms with E-state index in [4.69, 9.17) is 9.47 Å². The number of hydrogen-bond donors (Lipinski definition) is 2. The van der Waals surface area contributed by atoms with Gasteiger partial charge in [0.2, 0.25) is 11.8 Å². The maximum absolute atomic E-state index is 13.6. The largest absolute Gasteiger partial charge is 0.493 e. The highest BCUT2D eigenvalue weighted by atomic mass is 79.9. The van der Waals surface area contributed by atoms with E-state index < -0.39 is 17.6 Å². The molecular weight excluding hydrogens is 505 g/mol. The number of para-hydroxylation sites is 1. The number of nitrogens with zero attached hydrogens (tertiary/aromatic N) is 1. The molecule has 0 aliphatic rings. The predicted molar refractivity (Wildman–Crippen MR) is 131 cm³/mol. The first kappa shape index (κ1) is 24.9. The van der Waals surface area contributed by atoms with Gasteiger partial charge in [-0.05, 0) is 51.3 Å². The summed E-state index contributed by atoms with van der Waals surface area (Å²) in [7, 11) is 1.53. The van der Waals surface area contributed by atoms with Gasteiger partial charge >= 0.3 is 0 Å². The molecule has 0 aliphatic carbocycles. The third-order valence-corrected chi connectivity index (χ3v) is 5.20. The number of nitrogens with one attached hydrogen (secondary N) is 2. The molecule has 0 aliphatic heterocycles. The molecule has 0 saturated heterocycles. The molecule has 3 rings (SSSR count). The summed E-state index contributed by atoms with van der Waals surface area (Å²) in [5.74, 6) is -0.406. The fourth-order valence-corrected chi connectivity index (χ4v) is 3.50. The van der Waals surface area contributed by atoms with E-state index in [9.17, 15) is 14.0 Å². The van der Waals surface area contributed by atoms with Gasteiger partial charge < -0.3 is 14.8 Å². The number of benzene rings is 3. The summed E-state index contributed by atoms with van der Waals surface area (Å²) >= 11 is 3.48. The van der Waals surface area contributed by atoms with Crippen molar-refractivity contribution in [2.45, 2.75) is 19.4 Å². The lowest BCUT2D eigenvalue weighted by Crippen LogP contribution is -2.21. The number of carbonyl (C=O) groups excluding carboxylic acids is 2. The first-order valence-corrected chi connectivity index (χ1v) is 11.2. The zero-order valence-corrected chi connectivity index (χ0v) is 20.0. The second-order valence-corrected chi connectivity index (χ2v) is 7.98. The van der Waals surface area contributed by atoms with Crippen molar-refractivity contribution in [3.63, 3.8) is 0 Å². The summed E-state index contributed by atoms with van der Waals surface area (Å²) < 4.78 is 25.6. The van der Waals surface area contributed by atoms with Crippen LogP contribution in [0.3, 0.4) is 0 Å².